The van der Waals surface area contributed by atoms with Gasteiger partial charge in [0.15, 0.2) is 22.6 Å². The quantitative estimate of drug-likeness (QED) is 0.796. The van der Waals surface area contributed by atoms with Gasteiger partial charge in [0.05, 0.1) is 10.5 Å². The molecule has 0 N–H and O–H groups in total. The first-order valence-electron chi connectivity index (χ1n) is 5.82. The van der Waals surface area contributed by atoms with Crippen molar-refractivity contribution in [1.29, 1.82) is 0 Å². The van der Waals surface area contributed by atoms with Crippen molar-refractivity contribution in [2.75, 3.05) is 12.9 Å². The molecule has 1 unspecified atom stereocenters. The van der Waals surface area contributed by atoms with Crippen molar-refractivity contribution in [3.05, 3.63) is 35.9 Å². The van der Waals surface area contributed by atoms with Crippen LogP contribution in [0.15, 0.2) is 35.2 Å². The van der Waals surface area contributed by atoms with Gasteiger partial charge in [-0.3, -0.25) is 0 Å². The number of carbonyl (C=O) groups excluding carboxylic acids is 1. The predicted molar refractivity (Wildman–Crippen MR) is 68.3 cm³/mol. The first kappa shape index (κ1) is 15.6. The van der Waals surface area contributed by atoms with Gasteiger partial charge in [0.25, 0.3) is 0 Å². The lowest BCUT2D eigenvalue weighted by Gasteiger charge is -2.16. The minimum absolute atomic E-state index is 0.0313. The Labute approximate surface area is 119 Å². The van der Waals surface area contributed by atoms with E-state index in [2.05, 4.69) is 4.74 Å². The Hall–Kier alpha value is -1.83. The van der Waals surface area contributed by atoms with Crippen LogP contribution in [-0.2, 0) is 19.4 Å². The Morgan fingerprint density at radius 3 is 2.29 bits per heavy atom. The van der Waals surface area contributed by atoms with Crippen LogP contribution in [0.2, 0.25) is 0 Å². The first-order chi connectivity index (χ1) is 9.65. The van der Waals surface area contributed by atoms with Gasteiger partial charge in [0.2, 0.25) is 0 Å². The summed E-state index contributed by atoms with van der Waals surface area (Å²) in [6.07, 6.45) is -0.0973. The molecule has 2 rings (SSSR count). The fourth-order valence-corrected chi connectivity index (χ4v) is 2.44. The van der Waals surface area contributed by atoms with Gasteiger partial charge in [-0.1, -0.05) is 12.1 Å². The molecule has 0 amide bonds. The van der Waals surface area contributed by atoms with E-state index in [1.165, 1.54) is 24.3 Å². The second-order valence-electron chi connectivity index (χ2n) is 4.60. The average Bonchev–Trinajstić information content (AvgIpc) is 2.81. The minimum atomic E-state index is -3.79. The van der Waals surface area contributed by atoms with Crippen LogP contribution in [0, 0.1) is 0 Å². The van der Waals surface area contributed by atoms with Crippen LogP contribution >= 0.6 is 0 Å². The zero-order chi connectivity index (χ0) is 15.8. The van der Waals surface area contributed by atoms with Gasteiger partial charge in [-0.05, 0) is 23.8 Å². The third-order valence-corrected chi connectivity index (χ3v) is 4.09. The standard InChI is InChI=1S/C13H11F3O4S/c1-21(18,19)9-4-2-8(3-5-9)10-6-11(20-12(10)17)13(15,16)7-14/h2-6,11H,7H2,1H3. The second kappa shape index (κ2) is 5.18. The number of cyclic esters (lactones) is 1. The lowest BCUT2D eigenvalue weighted by molar-refractivity contribution is -0.157. The highest BCUT2D eigenvalue weighted by molar-refractivity contribution is 7.90. The first-order valence-corrected chi connectivity index (χ1v) is 7.71. The van der Waals surface area contributed by atoms with E-state index in [-0.39, 0.29) is 16.0 Å². The molecule has 0 aliphatic carbocycles. The molecule has 8 heteroatoms. The molecule has 0 saturated heterocycles. The zero-order valence-corrected chi connectivity index (χ0v) is 11.7. The van der Waals surface area contributed by atoms with Gasteiger partial charge in [0, 0.05) is 6.26 Å². The number of benzene rings is 1. The molecule has 0 fully saturated rings. The third kappa shape index (κ3) is 3.10. The average molecular weight is 320 g/mol. The molecule has 0 aromatic heterocycles. The smallest absolute Gasteiger partial charge is 0.339 e. The van der Waals surface area contributed by atoms with E-state index in [1.54, 1.807) is 0 Å². The number of carbonyl (C=O) groups is 1. The lowest BCUT2D eigenvalue weighted by Crippen LogP contribution is -2.35. The summed E-state index contributed by atoms with van der Waals surface area (Å²) in [7, 11) is -3.40. The normalized spacial score (nSPS) is 19.3. The van der Waals surface area contributed by atoms with Crippen LogP contribution in [0.25, 0.3) is 5.57 Å². The maximum atomic E-state index is 13.2. The Bertz CT molecular complexity index is 693. The highest BCUT2D eigenvalue weighted by Gasteiger charge is 2.45. The number of alkyl halides is 3. The maximum Gasteiger partial charge on any atom is 0.339 e. The van der Waals surface area contributed by atoms with Crippen molar-refractivity contribution >= 4 is 21.4 Å². The fraction of sp³-hybridized carbons (Fsp3) is 0.308. The summed E-state index contributed by atoms with van der Waals surface area (Å²) in [5.74, 6) is -4.79. The van der Waals surface area contributed by atoms with Gasteiger partial charge in [-0.15, -0.1) is 0 Å². The van der Waals surface area contributed by atoms with Crippen LogP contribution in [-0.4, -0.2) is 39.3 Å². The van der Waals surface area contributed by atoms with Gasteiger partial charge < -0.3 is 4.74 Å². The molecule has 114 valence electrons. The van der Waals surface area contributed by atoms with Crippen molar-refractivity contribution in [1.82, 2.24) is 0 Å². The summed E-state index contributed by atoms with van der Waals surface area (Å²) >= 11 is 0. The number of rotatable bonds is 4. The molecular weight excluding hydrogens is 309 g/mol. The van der Waals surface area contributed by atoms with E-state index in [1.807, 2.05) is 0 Å². The maximum absolute atomic E-state index is 13.2. The van der Waals surface area contributed by atoms with Gasteiger partial charge in [-0.25, -0.2) is 17.6 Å². The second-order valence-corrected chi connectivity index (χ2v) is 6.61. The highest BCUT2D eigenvalue weighted by atomic mass is 32.2. The molecule has 1 aliphatic rings. The number of halogens is 3. The Morgan fingerprint density at radius 1 is 1.24 bits per heavy atom. The van der Waals surface area contributed by atoms with E-state index in [9.17, 15) is 26.4 Å². The molecule has 21 heavy (non-hydrogen) atoms. The largest absolute Gasteiger partial charge is 0.448 e. The molecule has 0 radical (unpaired) electrons. The summed E-state index contributed by atoms with van der Waals surface area (Å²) < 4.78 is 65.6. The molecular formula is C13H11F3O4S. The van der Waals surface area contributed by atoms with Gasteiger partial charge in [0.1, 0.15) is 0 Å². The predicted octanol–water partition coefficient (Wildman–Crippen LogP) is 2.00. The number of esters is 1. The summed E-state index contributed by atoms with van der Waals surface area (Å²) in [5.41, 5.74) is 0.0812. The Morgan fingerprint density at radius 2 is 1.81 bits per heavy atom. The summed E-state index contributed by atoms with van der Waals surface area (Å²) in [5, 5.41) is 0. The Balaban J connectivity index is 2.34. The highest BCUT2D eigenvalue weighted by Crippen LogP contribution is 2.33. The lowest BCUT2D eigenvalue weighted by atomic mass is 10.0. The molecule has 4 nitrogen and oxygen atoms in total. The topological polar surface area (TPSA) is 60.4 Å². The molecule has 1 aromatic rings. The van der Waals surface area contributed by atoms with E-state index >= 15 is 0 Å². The van der Waals surface area contributed by atoms with E-state index in [0.29, 0.717) is 0 Å². The summed E-state index contributed by atoms with van der Waals surface area (Å²) in [6, 6.07) is 5.11. The molecule has 1 atom stereocenters. The van der Waals surface area contributed by atoms with Crippen LogP contribution in [0.5, 0.6) is 0 Å². The summed E-state index contributed by atoms with van der Waals surface area (Å²) in [6.45, 7) is -1.94. The fourth-order valence-electron chi connectivity index (χ4n) is 1.81. The van der Waals surface area contributed by atoms with Crippen molar-refractivity contribution in [3.63, 3.8) is 0 Å². The molecule has 1 aliphatic heterocycles. The third-order valence-electron chi connectivity index (χ3n) is 2.96. The molecule has 0 bridgehead atoms. The molecule has 0 saturated carbocycles. The molecule has 0 spiro atoms. The van der Waals surface area contributed by atoms with Crippen LogP contribution < -0.4 is 0 Å². The summed E-state index contributed by atoms with van der Waals surface area (Å²) in [4.78, 5) is 11.6. The number of hydrogen-bond acceptors (Lipinski definition) is 4. The Kier molecular flexibility index (Phi) is 3.83. The number of sulfone groups is 1. The molecule has 1 aromatic carbocycles. The van der Waals surface area contributed by atoms with E-state index < -0.39 is 34.5 Å². The number of hydrogen-bond donors (Lipinski definition) is 0. The van der Waals surface area contributed by atoms with Crippen molar-refractivity contribution < 1.29 is 31.1 Å². The monoisotopic (exact) mass is 320 g/mol. The van der Waals surface area contributed by atoms with Gasteiger partial charge in [-0.2, -0.15) is 8.78 Å². The van der Waals surface area contributed by atoms with Crippen molar-refractivity contribution in [2.24, 2.45) is 0 Å². The van der Waals surface area contributed by atoms with E-state index in [0.717, 1.165) is 12.3 Å². The SMILES string of the molecule is CS(=O)(=O)c1ccc(C2=CC(C(F)(F)CF)OC2=O)cc1. The minimum Gasteiger partial charge on any atom is -0.448 e. The van der Waals surface area contributed by atoms with Gasteiger partial charge >= 0.3 is 11.9 Å². The molecule has 1 heterocycles. The van der Waals surface area contributed by atoms with Crippen molar-refractivity contribution in [3.8, 4) is 0 Å². The van der Waals surface area contributed by atoms with Crippen LogP contribution in [0.4, 0.5) is 13.2 Å². The number of ether oxygens (including phenoxy) is 1. The van der Waals surface area contributed by atoms with Crippen LogP contribution in [0.3, 0.4) is 0 Å². The van der Waals surface area contributed by atoms with E-state index in [4.69, 9.17) is 0 Å². The zero-order valence-electron chi connectivity index (χ0n) is 10.8. The van der Waals surface area contributed by atoms with Crippen LogP contribution in [0.1, 0.15) is 5.56 Å². The van der Waals surface area contributed by atoms with Crippen molar-refractivity contribution in [2.45, 2.75) is 16.9 Å².